The molecule has 0 aliphatic heterocycles. The predicted octanol–water partition coefficient (Wildman–Crippen LogP) is 1.97. The largest absolute Gasteiger partial charge is 0.481 e. The number of carbonyl (C=O) groups is 2. The van der Waals surface area contributed by atoms with E-state index in [1.54, 1.807) is 0 Å². The van der Waals surface area contributed by atoms with E-state index in [1.807, 2.05) is 0 Å². The number of hydrogen-bond acceptors (Lipinski definition) is 3. The molecule has 0 amide bonds. The number of ether oxygens (including phenoxy) is 1. The van der Waals surface area contributed by atoms with Crippen LogP contribution in [0.15, 0.2) is 0 Å². The molecule has 1 N–H and O–H groups in total. The van der Waals surface area contributed by atoms with Crippen LogP contribution in [0.2, 0.25) is 0 Å². The van der Waals surface area contributed by atoms with Crippen molar-refractivity contribution in [2.75, 3.05) is 6.61 Å². The van der Waals surface area contributed by atoms with Crippen LogP contribution in [0, 0.1) is 11.3 Å². The first kappa shape index (κ1) is 11.4. The molecule has 2 rings (SSSR count). The second kappa shape index (κ2) is 4.44. The van der Waals surface area contributed by atoms with Crippen molar-refractivity contribution in [2.24, 2.45) is 11.3 Å². The third-order valence-electron chi connectivity index (χ3n) is 3.97. The van der Waals surface area contributed by atoms with Crippen LogP contribution in [0.5, 0.6) is 0 Å². The van der Waals surface area contributed by atoms with E-state index in [4.69, 9.17) is 9.84 Å². The minimum atomic E-state index is -0.947. The Kier molecular flexibility index (Phi) is 3.17. The van der Waals surface area contributed by atoms with Crippen molar-refractivity contribution < 1.29 is 19.4 Å². The second-order valence-corrected chi connectivity index (χ2v) is 5.20. The molecule has 2 saturated carbocycles. The van der Waals surface area contributed by atoms with E-state index in [1.165, 1.54) is 32.1 Å². The summed E-state index contributed by atoms with van der Waals surface area (Å²) in [5, 5.41) is 8.44. The van der Waals surface area contributed by atoms with Crippen LogP contribution in [0.4, 0.5) is 0 Å². The van der Waals surface area contributed by atoms with Crippen LogP contribution in [0.25, 0.3) is 0 Å². The number of hydrogen-bond donors (Lipinski definition) is 1. The lowest BCUT2D eigenvalue weighted by Gasteiger charge is -2.25. The first-order valence-corrected chi connectivity index (χ1v) is 5.97. The number of carbonyl (C=O) groups excluding carboxylic acids is 1. The molecule has 2 fully saturated rings. The normalized spacial score (nSPS) is 31.6. The summed E-state index contributed by atoms with van der Waals surface area (Å²) in [6, 6.07) is 0. The van der Waals surface area contributed by atoms with E-state index in [-0.39, 0.29) is 24.2 Å². The van der Waals surface area contributed by atoms with Gasteiger partial charge in [-0.3, -0.25) is 9.59 Å². The molecule has 4 heteroatoms. The van der Waals surface area contributed by atoms with E-state index >= 15 is 0 Å². The number of esters is 1. The highest BCUT2D eigenvalue weighted by Crippen LogP contribution is 2.54. The third-order valence-corrected chi connectivity index (χ3v) is 3.97. The monoisotopic (exact) mass is 226 g/mol. The summed E-state index contributed by atoms with van der Waals surface area (Å²) < 4.78 is 5.20. The zero-order chi connectivity index (χ0) is 11.6. The van der Waals surface area contributed by atoms with Crippen molar-refractivity contribution >= 4 is 11.9 Å². The van der Waals surface area contributed by atoms with Gasteiger partial charge in [0.15, 0.2) is 0 Å². The quantitative estimate of drug-likeness (QED) is 0.728. The fourth-order valence-corrected chi connectivity index (χ4v) is 3.03. The molecule has 2 bridgehead atoms. The number of carboxylic acid groups (broad SMARTS) is 1. The molecule has 0 heterocycles. The maximum Gasteiger partial charge on any atom is 0.306 e. The van der Waals surface area contributed by atoms with Gasteiger partial charge in [0.2, 0.25) is 0 Å². The van der Waals surface area contributed by atoms with Gasteiger partial charge < -0.3 is 9.84 Å². The maximum atomic E-state index is 11.3. The van der Waals surface area contributed by atoms with Gasteiger partial charge in [-0.05, 0) is 38.0 Å². The van der Waals surface area contributed by atoms with Crippen molar-refractivity contribution in [1.29, 1.82) is 0 Å². The highest BCUT2D eigenvalue weighted by molar-refractivity contribution is 5.76. The molecule has 0 atom stereocenters. The lowest BCUT2D eigenvalue weighted by Crippen LogP contribution is -2.23. The molecule has 0 aromatic carbocycles. The van der Waals surface area contributed by atoms with Crippen LogP contribution >= 0.6 is 0 Å². The summed E-state index contributed by atoms with van der Waals surface area (Å²) in [6.07, 6.45) is 5.94. The Morgan fingerprint density at radius 1 is 1.25 bits per heavy atom. The second-order valence-electron chi connectivity index (χ2n) is 5.20. The Hall–Kier alpha value is -1.06. The zero-order valence-corrected chi connectivity index (χ0v) is 9.41. The van der Waals surface area contributed by atoms with Gasteiger partial charge in [-0.15, -0.1) is 0 Å². The number of carboxylic acids is 1. The molecule has 0 aromatic rings. The fourth-order valence-electron chi connectivity index (χ4n) is 3.03. The minimum absolute atomic E-state index is 0.00512. The fraction of sp³-hybridized carbons (Fsp3) is 0.833. The van der Waals surface area contributed by atoms with E-state index in [9.17, 15) is 9.59 Å². The van der Waals surface area contributed by atoms with Gasteiger partial charge in [0, 0.05) is 5.41 Å². The lowest BCUT2D eigenvalue weighted by molar-refractivity contribution is -0.150. The Bertz CT molecular complexity index is 289. The van der Waals surface area contributed by atoms with Gasteiger partial charge in [0.05, 0.1) is 19.4 Å². The Labute approximate surface area is 95.0 Å². The molecule has 0 saturated heterocycles. The molecular formula is C12H18O4. The molecular weight excluding hydrogens is 208 g/mol. The molecule has 0 unspecified atom stereocenters. The van der Waals surface area contributed by atoms with Crippen molar-refractivity contribution in [3.05, 3.63) is 0 Å². The average Bonchev–Trinajstić information content (AvgIpc) is 2.84. The summed E-state index contributed by atoms with van der Waals surface area (Å²) in [5.41, 5.74) is 0.240. The zero-order valence-electron chi connectivity index (χ0n) is 9.41. The minimum Gasteiger partial charge on any atom is -0.481 e. The van der Waals surface area contributed by atoms with E-state index in [2.05, 4.69) is 0 Å². The van der Waals surface area contributed by atoms with E-state index in [0.717, 1.165) is 5.92 Å². The van der Waals surface area contributed by atoms with Gasteiger partial charge in [0.25, 0.3) is 0 Å². The van der Waals surface area contributed by atoms with Gasteiger partial charge in [0.1, 0.15) is 0 Å². The molecule has 0 aromatic heterocycles. The molecule has 0 spiro atoms. The Morgan fingerprint density at radius 2 is 1.94 bits per heavy atom. The summed E-state index contributed by atoms with van der Waals surface area (Å²) in [7, 11) is 0. The molecule has 0 radical (unpaired) electrons. The van der Waals surface area contributed by atoms with Crippen LogP contribution in [0.3, 0.4) is 0 Å². The first-order valence-electron chi connectivity index (χ1n) is 5.97. The van der Waals surface area contributed by atoms with E-state index in [0.29, 0.717) is 6.61 Å². The molecule has 16 heavy (non-hydrogen) atoms. The number of aliphatic carboxylic acids is 1. The first-order chi connectivity index (χ1) is 7.60. The van der Waals surface area contributed by atoms with Gasteiger partial charge in [-0.2, -0.15) is 0 Å². The maximum absolute atomic E-state index is 11.3. The molecule has 90 valence electrons. The summed E-state index contributed by atoms with van der Waals surface area (Å²) >= 11 is 0. The van der Waals surface area contributed by atoms with Gasteiger partial charge >= 0.3 is 11.9 Å². The van der Waals surface area contributed by atoms with Crippen molar-refractivity contribution in [1.82, 2.24) is 0 Å². The summed E-state index contributed by atoms with van der Waals surface area (Å²) in [6.45, 7) is 0.502. The van der Waals surface area contributed by atoms with Gasteiger partial charge in [-0.25, -0.2) is 0 Å². The van der Waals surface area contributed by atoms with E-state index < -0.39 is 5.97 Å². The Balaban J connectivity index is 1.71. The third kappa shape index (κ3) is 2.54. The van der Waals surface area contributed by atoms with Crippen molar-refractivity contribution in [2.45, 2.75) is 44.9 Å². The predicted molar refractivity (Wildman–Crippen MR) is 56.8 cm³/mol. The van der Waals surface area contributed by atoms with Crippen LogP contribution in [-0.4, -0.2) is 23.7 Å². The topological polar surface area (TPSA) is 63.6 Å². The molecule has 2 aliphatic rings. The van der Waals surface area contributed by atoms with Crippen LogP contribution in [0.1, 0.15) is 44.9 Å². The Morgan fingerprint density at radius 3 is 2.44 bits per heavy atom. The number of fused-ring (bicyclic) bond motifs is 2. The highest BCUT2D eigenvalue weighted by Gasteiger charge is 2.45. The van der Waals surface area contributed by atoms with Crippen molar-refractivity contribution in [3.63, 3.8) is 0 Å². The highest BCUT2D eigenvalue weighted by atomic mass is 16.5. The van der Waals surface area contributed by atoms with Gasteiger partial charge in [-0.1, -0.05) is 0 Å². The molecule has 4 nitrogen and oxygen atoms in total. The lowest BCUT2D eigenvalue weighted by atomic mass is 9.85. The smallest absolute Gasteiger partial charge is 0.306 e. The summed E-state index contributed by atoms with van der Waals surface area (Å²) in [4.78, 5) is 21.6. The SMILES string of the molecule is O=C(O)CCC(=O)OCC12CCC(CC1)C2. The summed E-state index contributed by atoms with van der Waals surface area (Å²) in [5.74, 6) is -0.471. The standard InChI is InChI=1S/C12H18O4/c13-10(14)1-2-11(15)16-8-12-5-3-9(7-12)4-6-12/h9H,1-8H2,(H,13,14). The van der Waals surface area contributed by atoms with Crippen LogP contribution in [-0.2, 0) is 14.3 Å². The average molecular weight is 226 g/mol. The molecule has 2 aliphatic carbocycles. The van der Waals surface area contributed by atoms with Crippen molar-refractivity contribution in [3.8, 4) is 0 Å². The number of rotatable bonds is 5. The van der Waals surface area contributed by atoms with Crippen LogP contribution < -0.4 is 0 Å².